The van der Waals surface area contributed by atoms with Crippen LogP contribution in [0.1, 0.15) is 66.8 Å². The molecule has 5 nitrogen and oxygen atoms in total. The fraction of sp³-hybridized carbons (Fsp3) is 0.407. The number of esters is 1. The number of allylic oxidation sites excluding steroid dienone is 2. The van der Waals surface area contributed by atoms with Gasteiger partial charge >= 0.3 is 5.97 Å². The summed E-state index contributed by atoms with van der Waals surface area (Å²) >= 11 is 0. The molecular formula is C27H32N2O3. The molecule has 2 aromatic rings. The molecule has 2 aromatic carbocycles. The van der Waals surface area contributed by atoms with Crippen molar-refractivity contribution in [2.24, 2.45) is 11.1 Å². The summed E-state index contributed by atoms with van der Waals surface area (Å²) in [6.45, 7) is 6.10. The minimum atomic E-state index is -0.133. The molecule has 2 aliphatic carbocycles. The van der Waals surface area contributed by atoms with E-state index in [1.165, 1.54) is 31.1 Å². The maximum atomic E-state index is 11.9. The molecule has 0 saturated heterocycles. The summed E-state index contributed by atoms with van der Waals surface area (Å²) in [6.07, 6.45) is 3.82. The number of carbonyl (C=O) groups is 1. The van der Waals surface area contributed by atoms with Gasteiger partial charge in [0.05, 0.1) is 13.5 Å². The number of hydrogen-bond acceptors (Lipinski definition) is 5. The number of carbonyl (C=O) groups excluding carboxylic acids is 1. The predicted octanol–water partition coefficient (Wildman–Crippen LogP) is 5.29. The van der Waals surface area contributed by atoms with Gasteiger partial charge in [-0.25, -0.2) is 0 Å². The number of hydrogen-bond donors (Lipinski definition) is 2. The van der Waals surface area contributed by atoms with Gasteiger partial charge in [0.15, 0.2) is 0 Å². The number of ether oxygens (including phenoxy) is 2. The fourth-order valence-electron chi connectivity index (χ4n) is 5.24. The molecule has 0 aliphatic heterocycles. The maximum Gasteiger partial charge on any atom is 0.306 e. The van der Waals surface area contributed by atoms with Crippen LogP contribution in [0.3, 0.4) is 0 Å². The molecule has 0 amide bonds. The van der Waals surface area contributed by atoms with Gasteiger partial charge < -0.3 is 20.6 Å². The Labute approximate surface area is 190 Å². The molecule has 1 unspecified atom stereocenters. The Bertz CT molecular complexity index is 1110. The molecule has 0 bridgehead atoms. The van der Waals surface area contributed by atoms with Crippen molar-refractivity contribution in [2.45, 2.75) is 59.0 Å². The summed E-state index contributed by atoms with van der Waals surface area (Å²) in [7, 11) is 1.46. The largest absolute Gasteiger partial charge is 0.489 e. The van der Waals surface area contributed by atoms with Crippen LogP contribution in [0.2, 0.25) is 0 Å². The van der Waals surface area contributed by atoms with E-state index in [2.05, 4.69) is 25.1 Å². The van der Waals surface area contributed by atoms with Crippen molar-refractivity contribution in [1.29, 1.82) is 5.41 Å². The molecular weight excluding hydrogens is 400 g/mol. The van der Waals surface area contributed by atoms with E-state index in [-0.39, 0.29) is 17.3 Å². The SMILES string of the molecule is COC(=O)CC1c2ccc(OCc3cccc(/C(C(C)=N)=C(\C)N)c3C)cc2CC12CC2. The maximum absolute atomic E-state index is 11.9. The highest BCUT2D eigenvalue weighted by Crippen LogP contribution is 2.64. The highest BCUT2D eigenvalue weighted by Gasteiger charge is 2.54. The van der Waals surface area contributed by atoms with Crippen LogP contribution in [0.25, 0.3) is 5.57 Å². The van der Waals surface area contributed by atoms with Crippen LogP contribution in [0.15, 0.2) is 42.1 Å². The molecule has 5 heteroatoms. The summed E-state index contributed by atoms with van der Waals surface area (Å²) in [4.78, 5) is 11.9. The first-order chi connectivity index (χ1) is 15.3. The van der Waals surface area contributed by atoms with E-state index in [1.807, 2.05) is 25.1 Å². The van der Waals surface area contributed by atoms with Crippen molar-refractivity contribution in [1.82, 2.24) is 0 Å². The molecule has 1 fully saturated rings. The second kappa shape index (κ2) is 8.45. The predicted molar refractivity (Wildman–Crippen MR) is 127 cm³/mol. The van der Waals surface area contributed by atoms with Crippen LogP contribution in [-0.2, 0) is 22.6 Å². The number of methoxy groups -OCH3 is 1. The Morgan fingerprint density at radius 3 is 2.59 bits per heavy atom. The zero-order valence-electron chi connectivity index (χ0n) is 19.4. The number of nitrogens with two attached hydrogens (primary N) is 1. The molecule has 1 spiro atoms. The Kier molecular flexibility index (Phi) is 5.85. The lowest BCUT2D eigenvalue weighted by Gasteiger charge is -2.18. The average molecular weight is 433 g/mol. The van der Waals surface area contributed by atoms with Crippen LogP contribution in [0, 0.1) is 17.7 Å². The molecule has 0 heterocycles. The van der Waals surface area contributed by atoms with Gasteiger partial charge in [-0.2, -0.15) is 0 Å². The number of benzene rings is 2. The van der Waals surface area contributed by atoms with E-state index in [0.717, 1.165) is 34.4 Å². The smallest absolute Gasteiger partial charge is 0.306 e. The van der Waals surface area contributed by atoms with Crippen LogP contribution in [0.5, 0.6) is 5.75 Å². The van der Waals surface area contributed by atoms with Gasteiger partial charge in [0.1, 0.15) is 12.4 Å². The van der Waals surface area contributed by atoms with Crippen molar-refractivity contribution in [2.75, 3.05) is 7.11 Å². The second-order valence-electron chi connectivity index (χ2n) is 9.29. The molecule has 1 saturated carbocycles. The van der Waals surface area contributed by atoms with Crippen LogP contribution in [-0.4, -0.2) is 18.8 Å². The van der Waals surface area contributed by atoms with Crippen molar-refractivity contribution >= 4 is 17.3 Å². The van der Waals surface area contributed by atoms with Gasteiger partial charge in [-0.1, -0.05) is 24.3 Å². The van der Waals surface area contributed by atoms with Crippen molar-refractivity contribution in [3.63, 3.8) is 0 Å². The first-order valence-corrected chi connectivity index (χ1v) is 11.2. The minimum absolute atomic E-state index is 0.133. The number of fused-ring (bicyclic) bond motifs is 1. The van der Waals surface area contributed by atoms with E-state index < -0.39 is 0 Å². The first kappa shape index (κ1) is 22.1. The van der Waals surface area contributed by atoms with Crippen molar-refractivity contribution in [3.8, 4) is 5.75 Å². The van der Waals surface area contributed by atoms with E-state index in [1.54, 1.807) is 6.92 Å². The molecule has 1 atom stereocenters. The molecule has 168 valence electrons. The zero-order valence-corrected chi connectivity index (χ0v) is 19.4. The topological polar surface area (TPSA) is 85.4 Å². The highest BCUT2D eigenvalue weighted by molar-refractivity contribution is 6.22. The van der Waals surface area contributed by atoms with Gasteiger partial charge in [-0.15, -0.1) is 0 Å². The molecule has 3 N–H and O–H groups in total. The fourth-order valence-corrected chi connectivity index (χ4v) is 5.24. The standard InChI is InChI=1S/C27H32N2O3/c1-16-19(6-5-7-22(16)26(17(2)28)18(3)29)15-32-21-8-9-23-20(12-21)14-27(10-11-27)24(23)13-25(30)31-4/h5-9,12,24,28H,10-11,13-15,29H2,1-4H3/b26-18+,28-17?. The van der Waals surface area contributed by atoms with Crippen molar-refractivity contribution < 1.29 is 14.3 Å². The number of nitrogens with one attached hydrogen (secondary N) is 1. The summed E-state index contributed by atoms with van der Waals surface area (Å²) in [5, 5.41) is 8.10. The summed E-state index contributed by atoms with van der Waals surface area (Å²) in [6, 6.07) is 12.3. The molecule has 4 rings (SSSR count). The molecule has 2 aliphatic rings. The quantitative estimate of drug-likeness (QED) is 0.460. The van der Waals surface area contributed by atoms with Gasteiger partial charge in [-0.05, 0) is 85.4 Å². The van der Waals surface area contributed by atoms with Gasteiger partial charge in [0.25, 0.3) is 0 Å². The van der Waals surface area contributed by atoms with Gasteiger partial charge in [0, 0.05) is 22.9 Å². The van der Waals surface area contributed by atoms with Crippen LogP contribution < -0.4 is 10.5 Å². The van der Waals surface area contributed by atoms with E-state index in [4.69, 9.17) is 20.6 Å². The summed E-state index contributed by atoms with van der Waals surface area (Å²) in [5.74, 6) is 0.968. The van der Waals surface area contributed by atoms with Crippen molar-refractivity contribution in [3.05, 3.63) is 69.9 Å². The zero-order chi connectivity index (χ0) is 23.0. The lowest BCUT2D eigenvalue weighted by atomic mass is 9.87. The van der Waals surface area contributed by atoms with Gasteiger partial charge in [0.2, 0.25) is 0 Å². The molecule has 0 radical (unpaired) electrons. The van der Waals surface area contributed by atoms with E-state index in [0.29, 0.717) is 24.4 Å². The Hall–Kier alpha value is -3.08. The highest BCUT2D eigenvalue weighted by atomic mass is 16.5. The molecule has 32 heavy (non-hydrogen) atoms. The Morgan fingerprint density at radius 2 is 1.97 bits per heavy atom. The average Bonchev–Trinajstić information content (AvgIpc) is 3.45. The first-order valence-electron chi connectivity index (χ1n) is 11.2. The third-order valence-corrected chi connectivity index (χ3v) is 7.14. The minimum Gasteiger partial charge on any atom is -0.489 e. The van der Waals surface area contributed by atoms with Crippen LogP contribution in [0.4, 0.5) is 0 Å². The molecule has 0 aromatic heterocycles. The van der Waals surface area contributed by atoms with Crippen LogP contribution >= 0.6 is 0 Å². The monoisotopic (exact) mass is 432 g/mol. The second-order valence-corrected chi connectivity index (χ2v) is 9.29. The Morgan fingerprint density at radius 1 is 1.22 bits per heavy atom. The Balaban J connectivity index is 1.53. The van der Waals surface area contributed by atoms with Gasteiger partial charge in [-0.3, -0.25) is 4.79 Å². The lowest BCUT2D eigenvalue weighted by Crippen LogP contribution is -2.14. The number of rotatable bonds is 7. The third kappa shape index (κ3) is 4.04. The van der Waals surface area contributed by atoms with E-state index in [9.17, 15) is 4.79 Å². The van der Waals surface area contributed by atoms with E-state index >= 15 is 0 Å². The normalized spacial score (nSPS) is 18.7. The lowest BCUT2D eigenvalue weighted by molar-refractivity contribution is -0.141. The summed E-state index contributed by atoms with van der Waals surface area (Å²) in [5.41, 5.74) is 13.9. The third-order valence-electron chi connectivity index (χ3n) is 7.14. The summed E-state index contributed by atoms with van der Waals surface area (Å²) < 4.78 is 11.1.